The van der Waals surface area contributed by atoms with E-state index in [4.69, 9.17) is 0 Å². The largest absolute Gasteiger partial charge is 0.223 e. The Morgan fingerprint density at radius 1 is 1.17 bits per heavy atom. The molecule has 0 aliphatic carbocycles. The number of hydrogen-bond donors (Lipinski definition) is 0. The van der Waals surface area contributed by atoms with Gasteiger partial charge in [0.2, 0.25) is 0 Å². The summed E-state index contributed by atoms with van der Waals surface area (Å²) in [7, 11) is -3.26. The molecular weight excluding hydrogens is 312 g/mol. The molecule has 1 rings (SSSR count). The van der Waals surface area contributed by atoms with E-state index >= 15 is 0 Å². The molecule has 4 heteroatoms. The summed E-state index contributed by atoms with van der Waals surface area (Å²) in [4.78, 5) is 0.409. The molecule has 1 aromatic carbocycles. The highest BCUT2D eigenvalue weighted by Gasteiger charge is 2.37. The lowest BCUT2D eigenvalue weighted by Gasteiger charge is -2.33. The number of sulfone groups is 1. The van der Waals surface area contributed by atoms with E-state index in [1.165, 1.54) is 0 Å². The molecule has 0 saturated heterocycles. The zero-order valence-electron chi connectivity index (χ0n) is 11.4. The Balaban J connectivity index is 3.18. The Morgan fingerprint density at radius 2 is 1.61 bits per heavy atom. The molecule has 1 aromatic rings. The molecule has 0 fully saturated rings. The molecule has 0 heterocycles. The maximum Gasteiger partial charge on any atom is 0.181 e. The molecular formula is C14H21BrO2S. The average Bonchev–Trinajstić information content (AvgIpc) is 2.37. The molecule has 0 saturated carbocycles. The van der Waals surface area contributed by atoms with Crippen LogP contribution in [0.5, 0.6) is 0 Å². The molecule has 0 aromatic heterocycles. The zero-order valence-corrected chi connectivity index (χ0v) is 13.8. The molecule has 0 spiro atoms. The van der Waals surface area contributed by atoms with Crippen LogP contribution in [0.25, 0.3) is 0 Å². The fourth-order valence-electron chi connectivity index (χ4n) is 2.03. The van der Waals surface area contributed by atoms with Crippen molar-refractivity contribution >= 4 is 25.8 Å². The van der Waals surface area contributed by atoms with Crippen LogP contribution in [0.2, 0.25) is 0 Å². The number of benzene rings is 1. The average molecular weight is 333 g/mol. The van der Waals surface area contributed by atoms with Crippen molar-refractivity contribution in [3.63, 3.8) is 0 Å². The van der Waals surface area contributed by atoms with E-state index in [1.54, 1.807) is 24.3 Å². The molecule has 2 nitrogen and oxygen atoms in total. The minimum atomic E-state index is -3.26. The normalized spacial score (nSPS) is 14.5. The van der Waals surface area contributed by atoms with Crippen LogP contribution in [0.1, 0.15) is 40.5 Å². The van der Waals surface area contributed by atoms with Gasteiger partial charge in [-0.25, -0.2) is 8.42 Å². The van der Waals surface area contributed by atoms with Crippen molar-refractivity contribution in [2.24, 2.45) is 5.41 Å². The van der Waals surface area contributed by atoms with Crippen molar-refractivity contribution < 1.29 is 8.42 Å². The van der Waals surface area contributed by atoms with Gasteiger partial charge in [-0.2, -0.15) is 0 Å². The van der Waals surface area contributed by atoms with E-state index in [9.17, 15) is 8.42 Å². The van der Waals surface area contributed by atoms with Gasteiger partial charge in [-0.15, -0.1) is 0 Å². The summed E-state index contributed by atoms with van der Waals surface area (Å²) in [5.74, 6) is 0. The van der Waals surface area contributed by atoms with Crippen LogP contribution in [0.3, 0.4) is 0 Å². The van der Waals surface area contributed by atoms with Crippen molar-refractivity contribution in [3.8, 4) is 0 Å². The van der Waals surface area contributed by atoms with E-state index in [1.807, 2.05) is 13.8 Å². The Bertz CT molecular complexity index is 487. The first-order valence-corrected chi connectivity index (χ1v) is 8.61. The third kappa shape index (κ3) is 2.97. The second-order valence-electron chi connectivity index (χ2n) is 5.00. The molecule has 0 aliphatic heterocycles. The summed E-state index contributed by atoms with van der Waals surface area (Å²) >= 11 is 3.32. The van der Waals surface area contributed by atoms with Gasteiger partial charge in [0, 0.05) is 4.47 Å². The minimum Gasteiger partial charge on any atom is -0.223 e. The van der Waals surface area contributed by atoms with Gasteiger partial charge in [-0.3, -0.25) is 0 Å². The standard InChI is InChI=1S/C14H21BrO2S/c1-5-14(4,6-2)11(3)18(16,17)13-9-7-12(15)8-10-13/h7-11H,5-6H2,1-4H3/t11-/m0/s1. The lowest BCUT2D eigenvalue weighted by molar-refractivity contribution is 0.287. The summed E-state index contributed by atoms with van der Waals surface area (Å²) in [6.07, 6.45) is 1.72. The molecule has 1 atom stereocenters. The minimum absolute atomic E-state index is 0.175. The summed E-state index contributed by atoms with van der Waals surface area (Å²) in [5.41, 5.74) is -0.175. The first-order valence-electron chi connectivity index (χ1n) is 6.27. The zero-order chi connectivity index (χ0) is 14.0. The Hall–Kier alpha value is -0.350. The molecule has 0 unspecified atom stereocenters. The monoisotopic (exact) mass is 332 g/mol. The molecule has 0 N–H and O–H groups in total. The maximum absolute atomic E-state index is 12.6. The maximum atomic E-state index is 12.6. The van der Waals surface area contributed by atoms with Crippen molar-refractivity contribution in [2.75, 3.05) is 0 Å². The lowest BCUT2D eigenvalue weighted by Crippen LogP contribution is -2.35. The van der Waals surface area contributed by atoms with Crippen LogP contribution in [0.15, 0.2) is 33.6 Å². The first-order chi connectivity index (χ1) is 8.28. The summed E-state index contributed by atoms with van der Waals surface area (Å²) in [6, 6.07) is 6.88. The van der Waals surface area contributed by atoms with E-state index < -0.39 is 9.84 Å². The second kappa shape index (κ2) is 5.74. The third-order valence-corrected chi connectivity index (χ3v) is 7.16. The van der Waals surface area contributed by atoms with E-state index in [0.717, 1.165) is 17.3 Å². The van der Waals surface area contributed by atoms with Crippen LogP contribution in [0.4, 0.5) is 0 Å². The van der Waals surface area contributed by atoms with Gasteiger partial charge in [-0.05, 0) is 49.4 Å². The van der Waals surface area contributed by atoms with E-state index in [-0.39, 0.29) is 10.7 Å². The summed E-state index contributed by atoms with van der Waals surface area (Å²) < 4.78 is 26.1. The van der Waals surface area contributed by atoms with Crippen molar-refractivity contribution in [1.29, 1.82) is 0 Å². The first kappa shape index (κ1) is 15.7. The number of halogens is 1. The van der Waals surface area contributed by atoms with Gasteiger partial charge in [0.25, 0.3) is 0 Å². The Labute approximate surface area is 119 Å². The SMILES string of the molecule is CCC(C)(CC)[C@H](C)S(=O)(=O)c1ccc(Br)cc1. The van der Waals surface area contributed by atoms with Gasteiger partial charge >= 0.3 is 0 Å². The van der Waals surface area contributed by atoms with Gasteiger partial charge in [-0.1, -0.05) is 36.7 Å². The second-order valence-corrected chi connectivity index (χ2v) is 8.19. The fourth-order valence-corrected chi connectivity index (χ4v) is 4.30. The van der Waals surface area contributed by atoms with Crippen molar-refractivity contribution in [2.45, 2.75) is 50.7 Å². The summed E-state index contributed by atoms with van der Waals surface area (Å²) in [6.45, 7) is 7.98. The molecule has 18 heavy (non-hydrogen) atoms. The predicted octanol–water partition coefficient (Wildman–Crippen LogP) is 4.44. The predicted molar refractivity (Wildman–Crippen MR) is 79.5 cm³/mol. The molecule has 0 aliphatic rings. The summed E-state index contributed by atoms with van der Waals surface area (Å²) in [5, 5.41) is -0.374. The smallest absolute Gasteiger partial charge is 0.181 e. The highest BCUT2D eigenvalue weighted by Crippen LogP contribution is 2.36. The van der Waals surface area contributed by atoms with Gasteiger partial charge < -0.3 is 0 Å². The topological polar surface area (TPSA) is 34.1 Å². The van der Waals surface area contributed by atoms with Gasteiger partial charge in [0.1, 0.15) is 0 Å². The van der Waals surface area contributed by atoms with Crippen LogP contribution in [0, 0.1) is 5.41 Å². The van der Waals surface area contributed by atoms with Crippen LogP contribution < -0.4 is 0 Å². The highest BCUT2D eigenvalue weighted by atomic mass is 79.9. The highest BCUT2D eigenvalue weighted by molar-refractivity contribution is 9.10. The Morgan fingerprint density at radius 3 is 2.00 bits per heavy atom. The van der Waals surface area contributed by atoms with Crippen molar-refractivity contribution in [1.82, 2.24) is 0 Å². The van der Waals surface area contributed by atoms with Crippen LogP contribution in [-0.2, 0) is 9.84 Å². The third-order valence-electron chi connectivity index (χ3n) is 4.20. The number of rotatable bonds is 5. The van der Waals surface area contributed by atoms with Crippen LogP contribution in [-0.4, -0.2) is 13.7 Å². The van der Waals surface area contributed by atoms with Gasteiger partial charge in [0.05, 0.1) is 10.1 Å². The molecule has 102 valence electrons. The van der Waals surface area contributed by atoms with Gasteiger partial charge in [0.15, 0.2) is 9.84 Å². The van der Waals surface area contributed by atoms with Crippen molar-refractivity contribution in [3.05, 3.63) is 28.7 Å². The van der Waals surface area contributed by atoms with Crippen LogP contribution >= 0.6 is 15.9 Å². The fraction of sp³-hybridized carbons (Fsp3) is 0.571. The lowest BCUT2D eigenvalue weighted by atomic mass is 9.82. The Kier molecular flexibility index (Phi) is 5.01. The molecule has 0 radical (unpaired) electrons. The molecule has 0 bridgehead atoms. The molecule has 0 amide bonds. The number of hydrogen-bond acceptors (Lipinski definition) is 2. The van der Waals surface area contributed by atoms with E-state index in [0.29, 0.717) is 4.90 Å². The quantitative estimate of drug-likeness (QED) is 0.798. The van der Waals surface area contributed by atoms with E-state index in [2.05, 4.69) is 29.8 Å².